The van der Waals surface area contributed by atoms with Gasteiger partial charge in [0.15, 0.2) is 0 Å². The molecule has 25 heavy (non-hydrogen) atoms. The number of hydrogen-bond acceptors (Lipinski definition) is 3. The van der Waals surface area contributed by atoms with Crippen LogP contribution in [0.3, 0.4) is 0 Å². The fourth-order valence-corrected chi connectivity index (χ4v) is 4.84. The van der Waals surface area contributed by atoms with Crippen molar-refractivity contribution >= 4 is 11.0 Å². The molecule has 4 atom stereocenters. The minimum atomic E-state index is 0.568. The highest BCUT2D eigenvalue weighted by Gasteiger charge is 2.39. The maximum Gasteiger partial charge on any atom is 0.134 e. The van der Waals surface area contributed by atoms with E-state index in [0.717, 1.165) is 29.6 Å². The summed E-state index contributed by atoms with van der Waals surface area (Å²) in [5.74, 6) is 2.46. The fourth-order valence-electron chi connectivity index (χ4n) is 4.84. The summed E-state index contributed by atoms with van der Waals surface area (Å²) in [6, 6.07) is 7.27. The first-order valence-corrected chi connectivity index (χ1v) is 9.71. The summed E-state index contributed by atoms with van der Waals surface area (Å²) in [6.45, 7) is 5.88. The highest BCUT2D eigenvalue weighted by molar-refractivity contribution is 5.82. The second-order valence-corrected chi connectivity index (χ2v) is 7.63. The molecule has 3 nitrogen and oxygen atoms in total. The molecule has 3 aliphatic rings. The van der Waals surface area contributed by atoms with E-state index in [1.54, 1.807) is 7.11 Å². The smallest absolute Gasteiger partial charge is 0.134 e. The summed E-state index contributed by atoms with van der Waals surface area (Å²) in [5.41, 5.74) is 2.26. The molecule has 3 heterocycles. The summed E-state index contributed by atoms with van der Waals surface area (Å²) in [7, 11) is 1.72. The number of hydrogen-bond donors (Lipinski definition) is 0. The summed E-state index contributed by atoms with van der Waals surface area (Å²) in [6.07, 6.45) is 11.8. The number of nitrogens with zero attached hydrogens (tertiary/aromatic N) is 1. The van der Waals surface area contributed by atoms with Crippen LogP contribution in [0, 0.1) is 11.8 Å². The van der Waals surface area contributed by atoms with E-state index in [0.29, 0.717) is 12.1 Å². The molecule has 0 amide bonds. The van der Waals surface area contributed by atoms with Crippen molar-refractivity contribution in [2.24, 2.45) is 11.8 Å². The third-order valence-electron chi connectivity index (χ3n) is 6.28. The third-order valence-corrected chi connectivity index (χ3v) is 6.28. The molecule has 1 aromatic heterocycles. The Labute approximate surface area is 150 Å². The van der Waals surface area contributed by atoms with E-state index >= 15 is 0 Å². The maximum atomic E-state index is 5.80. The molecule has 2 bridgehead atoms. The highest BCUT2D eigenvalue weighted by atomic mass is 16.5. The Bertz CT molecular complexity index is 762. The van der Waals surface area contributed by atoms with Crippen molar-refractivity contribution in [2.45, 2.75) is 51.6 Å². The van der Waals surface area contributed by atoms with Gasteiger partial charge in [-0.2, -0.15) is 0 Å². The average Bonchev–Trinajstić information content (AvgIpc) is 3.08. The normalized spacial score (nSPS) is 27.1. The quantitative estimate of drug-likeness (QED) is 0.689. The topological polar surface area (TPSA) is 25.6 Å². The molecular formula is C22H29NO2. The highest BCUT2D eigenvalue weighted by Crippen LogP contribution is 2.38. The summed E-state index contributed by atoms with van der Waals surface area (Å²) >= 11 is 0. The van der Waals surface area contributed by atoms with Crippen LogP contribution >= 0.6 is 0 Å². The zero-order valence-electron chi connectivity index (χ0n) is 15.6. The lowest BCUT2D eigenvalue weighted by atomic mass is 9.75. The Morgan fingerprint density at radius 2 is 2.16 bits per heavy atom. The largest absolute Gasteiger partial charge is 0.497 e. The minimum Gasteiger partial charge on any atom is -0.497 e. The fraction of sp³-hybridized carbons (Fsp3) is 0.545. The van der Waals surface area contributed by atoms with Gasteiger partial charge in [-0.15, -0.1) is 0 Å². The van der Waals surface area contributed by atoms with Crippen molar-refractivity contribution in [3.05, 3.63) is 42.2 Å². The Hall–Kier alpha value is -1.74. The van der Waals surface area contributed by atoms with Gasteiger partial charge in [0, 0.05) is 24.0 Å². The van der Waals surface area contributed by atoms with Gasteiger partial charge >= 0.3 is 0 Å². The van der Waals surface area contributed by atoms with E-state index in [9.17, 15) is 0 Å². The molecule has 0 spiro atoms. The predicted molar refractivity (Wildman–Crippen MR) is 102 cm³/mol. The summed E-state index contributed by atoms with van der Waals surface area (Å²) in [4.78, 5) is 2.77. The van der Waals surface area contributed by atoms with Gasteiger partial charge in [-0.25, -0.2) is 0 Å². The van der Waals surface area contributed by atoms with E-state index in [2.05, 4.69) is 37.0 Å². The van der Waals surface area contributed by atoms with Gasteiger partial charge in [-0.1, -0.05) is 32.4 Å². The lowest BCUT2D eigenvalue weighted by Gasteiger charge is -2.49. The molecule has 0 saturated carbocycles. The molecule has 3 unspecified atom stereocenters. The predicted octanol–water partition coefficient (Wildman–Crippen LogP) is 5.05. The molecule has 1 saturated heterocycles. The first-order chi connectivity index (χ1) is 12.2. The number of fused-ring (bicyclic) bond motifs is 3. The summed E-state index contributed by atoms with van der Waals surface area (Å²) in [5, 5.41) is 1.20. The molecular weight excluding hydrogens is 310 g/mol. The summed E-state index contributed by atoms with van der Waals surface area (Å²) < 4.78 is 11.2. The van der Waals surface area contributed by atoms with Gasteiger partial charge in [-0.05, 0) is 54.9 Å². The van der Waals surface area contributed by atoms with Crippen LogP contribution in [-0.2, 0) is 6.42 Å². The van der Waals surface area contributed by atoms with Crippen molar-refractivity contribution in [3.8, 4) is 5.75 Å². The van der Waals surface area contributed by atoms with Crippen LogP contribution in [0.2, 0.25) is 0 Å². The monoisotopic (exact) mass is 339 g/mol. The lowest BCUT2D eigenvalue weighted by Crippen LogP contribution is -2.54. The first kappa shape index (κ1) is 16.7. The van der Waals surface area contributed by atoms with Gasteiger partial charge in [0.2, 0.25) is 0 Å². The Kier molecular flexibility index (Phi) is 4.60. The number of rotatable bonds is 6. The molecule has 1 aliphatic carbocycles. The van der Waals surface area contributed by atoms with E-state index in [4.69, 9.17) is 9.15 Å². The molecule has 2 aromatic rings. The number of benzene rings is 1. The molecule has 0 radical (unpaired) electrons. The second kappa shape index (κ2) is 6.87. The molecule has 5 rings (SSSR count). The van der Waals surface area contributed by atoms with E-state index in [-0.39, 0.29) is 0 Å². The van der Waals surface area contributed by atoms with Crippen molar-refractivity contribution < 1.29 is 9.15 Å². The lowest BCUT2D eigenvalue weighted by molar-refractivity contribution is 0.0409. The van der Waals surface area contributed by atoms with E-state index in [1.807, 2.05) is 18.4 Å². The van der Waals surface area contributed by atoms with Crippen LogP contribution < -0.4 is 4.74 Å². The molecule has 2 aliphatic heterocycles. The van der Waals surface area contributed by atoms with Crippen molar-refractivity contribution in [1.29, 1.82) is 0 Å². The van der Waals surface area contributed by atoms with Crippen LogP contribution in [0.15, 0.2) is 41.0 Å². The molecule has 0 N–H and O–H groups in total. The zero-order valence-corrected chi connectivity index (χ0v) is 15.6. The maximum absolute atomic E-state index is 5.80. The van der Waals surface area contributed by atoms with Gasteiger partial charge in [0.1, 0.15) is 11.3 Å². The Morgan fingerprint density at radius 3 is 2.88 bits per heavy atom. The first-order valence-electron chi connectivity index (χ1n) is 9.71. The van der Waals surface area contributed by atoms with Crippen molar-refractivity contribution in [3.63, 3.8) is 0 Å². The van der Waals surface area contributed by atoms with Crippen molar-refractivity contribution in [1.82, 2.24) is 4.90 Å². The van der Waals surface area contributed by atoms with E-state index < -0.39 is 0 Å². The Morgan fingerprint density at radius 1 is 1.28 bits per heavy atom. The third kappa shape index (κ3) is 2.99. The van der Waals surface area contributed by atoms with Crippen LogP contribution in [0.5, 0.6) is 5.75 Å². The van der Waals surface area contributed by atoms with Crippen LogP contribution in [-0.4, -0.2) is 30.6 Å². The Balaban J connectivity index is 1.59. The second-order valence-electron chi connectivity index (χ2n) is 7.63. The average molecular weight is 339 g/mol. The van der Waals surface area contributed by atoms with Crippen LogP contribution in [0.1, 0.15) is 38.7 Å². The van der Waals surface area contributed by atoms with Crippen LogP contribution in [0.25, 0.3) is 11.0 Å². The van der Waals surface area contributed by atoms with Crippen molar-refractivity contribution in [2.75, 3.05) is 13.7 Å². The SMILES string of the molecule is CCC1CC2C=CC1N([C@H](CC)Cc1coc3ccc(OC)cc13)C2. The standard InChI is InChI=1S/C22H29NO2/c1-4-16-10-15-6-8-21(16)23(13-15)18(5-2)11-17-14-25-22-9-7-19(24-3)12-20(17)22/h6-9,12,14-16,18,21H,4-5,10-11,13H2,1-3H3/t15?,16?,18-,21?/m1/s1. The number of furan rings is 1. The van der Waals surface area contributed by atoms with Gasteiger partial charge in [0.25, 0.3) is 0 Å². The minimum absolute atomic E-state index is 0.568. The zero-order chi connectivity index (χ0) is 17.4. The number of piperidine rings is 1. The molecule has 1 fully saturated rings. The number of ether oxygens (including phenoxy) is 1. The van der Waals surface area contributed by atoms with Crippen LogP contribution in [0.4, 0.5) is 0 Å². The van der Waals surface area contributed by atoms with Gasteiger partial charge < -0.3 is 9.15 Å². The number of methoxy groups -OCH3 is 1. The van der Waals surface area contributed by atoms with Gasteiger partial charge in [-0.3, -0.25) is 4.90 Å². The molecule has 1 aromatic carbocycles. The van der Waals surface area contributed by atoms with Gasteiger partial charge in [0.05, 0.1) is 13.4 Å². The molecule has 3 heteroatoms. The molecule has 134 valence electrons. The van der Waals surface area contributed by atoms with E-state index in [1.165, 1.54) is 36.8 Å².